The van der Waals surface area contributed by atoms with Gasteiger partial charge < -0.3 is 20.6 Å². The molecule has 2 heterocycles. The third kappa shape index (κ3) is 3.96. The van der Waals surface area contributed by atoms with Crippen molar-refractivity contribution in [1.82, 2.24) is 15.6 Å². The van der Waals surface area contributed by atoms with Gasteiger partial charge in [-0.1, -0.05) is 18.2 Å². The van der Waals surface area contributed by atoms with E-state index < -0.39 is 0 Å². The monoisotopic (exact) mass is 352 g/mol. The number of para-hydroxylation sites is 1. The van der Waals surface area contributed by atoms with E-state index in [-0.39, 0.29) is 5.91 Å². The van der Waals surface area contributed by atoms with Crippen LogP contribution in [0.15, 0.2) is 42.6 Å². The van der Waals surface area contributed by atoms with Crippen LogP contribution in [0, 0.1) is 0 Å². The first-order chi connectivity index (χ1) is 12.7. The van der Waals surface area contributed by atoms with Gasteiger partial charge in [-0.15, -0.1) is 0 Å². The van der Waals surface area contributed by atoms with Crippen molar-refractivity contribution in [3.8, 4) is 5.75 Å². The molecule has 1 atom stereocenters. The quantitative estimate of drug-likeness (QED) is 0.742. The lowest BCUT2D eigenvalue weighted by Gasteiger charge is -2.18. The molecular weight excluding hydrogens is 328 g/mol. The largest absolute Gasteiger partial charge is 0.508 e. The lowest BCUT2D eigenvalue weighted by Crippen LogP contribution is -2.32. The van der Waals surface area contributed by atoms with E-state index in [1.165, 1.54) is 0 Å². The minimum atomic E-state index is -0.0322. The summed E-state index contributed by atoms with van der Waals surface area (Å²) in [7, 11) is 0. The van der Waals surface area contributed by atoms with Gasteiger partial charge in [0.05, 0.1) is 5.56 Å². The molecule has 2 aliphatic rings. The second-order valence-corrected chi connectivity index (χ2v) is 7.09. The summed E-state index contributed by atoms with van der Waals surface area (Å²) in [5, 5.41) is 16.3. The van der Waals surface area contributed by atoms with E-state index in [2.05, 4.69) is 20.5 Å². The molecule has 1 saturated carbocycles. The van der Waals surface area contributed by atoms with Gasteiger partial charge in [0.25, 0.3) is 5.91 Å². The van der Waals surface area contributed by atoms with E-state index >= 15 is 0 Å². The number of rotatable bonds is 6. The number of nitrogens with zero attached hydrogens (tertiary/aromatic N) is 2. The van der Waals surface area contributed by atoms with E-state index in [0.29, 0.717) is 29.9 Å². The number of amides is 1. The van der Waals surface area contributed by atoms with Crippen LogP contribution in [-0.4, -0.2) is 41.2 Å². The van der Waals surface area contributed by atoms with Crippen LogP contribution >= 0.6 is 0 Å². The Morgan fingerprint density at radius 2 is 2.00 bits per heavy atom. The Hall–Kier alpha value is -2.60. The summed E-state index contributed by atoms with van der Waals surface area (Å²) in [6.07, 6.45) is 4.86. The van der Waals surface area contributed by atoms with E-state index in [9.17, 15) is 9.90 Å². The molecule has 1 aliphatic heterocycles. The molecule has 2 aromatic rings. The van der Waals surface area contributed by atoms with Crippen LogP contribution in [0.25, 0.3) is 0 Å². The first-order valence-electron chi connectivity index (χ1n) is 9.21. The lowest BCUT2D eigenvalue weighted by atomic mass is 10.2. The second kappa shape index (κ2) is 7.33. The molecular formula is C20H24N4O2. The van der Waals surface area contributed by atoms with Gasteiger partial charge in [-0.25, -0.2) is 4.98 Å². The van der Waals surface area contributed by atoms with Crippen molar-refractivity contribution in [2.24, 2.45) is 0 Å². The van der Waals surface area contributed by atoms with E-state index in [0.717, 1.165) is 43.7 Å². The van der Waals surface area contributed by atoms with Crippen LogP contribution in [0.2, 0.25) is 0 Å². The number of aromatic nitrogens is 1. The molecule has 3 N–H and O–H groups in total. The Labute approximate surface area is 153 Å². The van der Waals surface area contributed by atoms with Gasteiger partial charge >= 0.3 is 0 Å². The number of hydrogen-bond donors (Lipinski definition) is 3. The van der Waals surface area contributed by atoms with Gasteiger partial charge in [0.1, 0.15) is 11.6 Å². The number of nitrogens with one attached hydrogen (secondary N) is 2. The van der Waals surface area contributed by atoms with Gasteiger partial charge in [0, 0.05) is 43.5 Å². The highest BCUT2D eigenvalue weighted by Gasteiger charge is 2.25. The fraction of sp³-hybridized carbons (Fsp3) is 0.400. The fourth-order valence-electron chi connectivity index (χ4n) is 3.25. The highest BCUT2D eigenvalue weighted by molar-refractivity contribution is 5.94. The Kier molecular flexibility index (Phi) is 4.75. The molecule has 136 valence electrons. The summed E-state index contributed by atoms with van der Waals surface area (Å²) in [4.78, 5) is 18.7. The Morgan fingerprint density at radius 1 is 1.15 bits per heavy atom. The topological polar surface area (TPSA) is 77.5 Å². The number of phenols is 1. The lowest BCUT2D eigenvalue weighted by molar-refractivity contribution is 0.0950. The number of hydrogen-bond acceptors (Lipinski definition) is 5. The third-order valence-electron chi connectivity index (χ3n) is 5.01. The number of phenolic OH excluding ortho intramolecular Hbond substituents is 1. The van der Waals surface area contributed by atoms with Crippen molar-refractivity contribution in [2.75, 3.05) is 18.0 Å². The highest BCUT2D eigenvalue weighted by Crippen LogP contribution is 2.21. The fourth-order valence-corrected chi connectivity index (χ4v) is 3.25. The summed E-state index contributed by atoms with van der Waals surface area (Å²) in [5.41, 5.74) is 1.53. The average Bonchev–Trinajstić information content (AvgIpc) is 3.35. The predicted octanol–water partition coefficient (Wildman–Crippen LogP) is 2.05. The van der Waals surface area contributed by atoms with Gasteiger partial charge in [-0.05, 0) is 37.5 Å². The first-order valence-corrected chi connectivity index (χ1v) is 9.21. The summed E-state index contributed by atoms with van der Waals surface area (Å²) in [6, 6.07) is 11.9. The summed E-state index contributed by atoms with van der Waals surface area (Å²) >= 11 is 0. The van der Waals surface area contributed by atoms with Crippen molar-refractivity contribution in [3.63, 3.8) is 0 Å². The van der Waals surface area contributed by atoms with Crippen molar-refractivity contribution in [3.05, 3.63) is 53.7 Å². The predicted molar refractivity (Wildman–Crippen MR) is 100 cm³/mol. The molecule has 1 saturated heterocycles. The smallest absolute Gasteiger partial charge is 0.253 e. The molecule has 6 nitrogen and oxygen atoms in total. The van der Waals surface area contributed by atoms with E-state index in [1.807, 2.05) is 30.3 Å². The van der Waals surface area contributed by atoms with Gasteiger partial charge in [-0.3, -0.25) is 4.79 Å². The van der Waals surface area contributed by atoms with Crippen LogP contribution in [0.4, 0.5) is 5.82 Å². The molecule has 1 aromatic carbocycles. The highest BCUT2D eigenvalue weighted by atomic mass is 16.3. The number of aromatic hydroxyl groups is 1. The molecule has 4 rings (SSSR count). The van der Waals surface area contributed by atoms with Gasteiger partial charge in [0.2, 0.25) is 0 Å². The number of benzene rings is 1. The van der Waals surface area contributed by atoms with Crippen LogP contribution in [0.1, 0.15) is 35.2 Å². The zero-order valence-corrected chi connectivity index (χ0v) is 14.7. The van der Waals surface area contributed by atoms with Crippen LogP contribution in [0.3, 0.4) is 0 Å². The molecule has 0 unspecified atom stereocenters. The van der Waals surface area contributed by atoms with Crippen LogP contribution in [0.5, 0.6) is 5.75 Å². The van der Waals surface area contributed by atoms with Gasteiger partial charge in [0.15, 0.2) is 0 Å². The van der Waals surface area contributed by atoms with Crippen molar-refractivity contribution < 1.29 is 9.90 Å². The second-order valence-electron chi connectivity index (χ2n) is 7.09. The number of carbonyl (C=O) groups excluding carboxylic acids is 1. The van der Waals surface area contributed by atoms with E-state index in [4.69, 9.17) is 0 Å². The minimum Gasteiger partial charge on any atom is -0.508 e. The summed E-state index contributed by atoms with van der Waals surface area (Å²) in [5.74, 6) is 1.20. The molecule has 0 bridgehead atoms. The Balaban J connectivity index is 1.30. The third-order valence-corrected chi connectivity index (χ3v) is 5.01. The summed E-state index contributed by atoms with van der Waals surface area (Å²) in [6.45, 7) is 2.45. The zero-order chi connectivity index (χ0) is 17.9. The van der Waals surface area contributed by atoms with Gasteiger partial charge in [-0.2, -0.15) is 0 Å². The average molecular weight is 352 g/mol. The first kappa shape index (κ1) is 16.8. The molecule has 1 aliphatic carbocycles. The number of anilines is 1. The Morgan fingerprint density at radius 3 is 2.73 bits per heavy atom. The molecule has 1 amide bonds. The SMILES string of the molecule is O=C(NC1CC1)c1ccc(N2CC[C@@H](NCc3ccccc3O)C2)nc1. The maximum atomic E-state index is 12.0. The maximum absolute atomic E-state index is 12.0. The number of pyridine rings is 1. The molecule has 0 spiro atoms. The van der Waals surface area contributed by atoms with Crippen LogP contribution < -0.4 is 15.5 Å². The van der Waals surface area contributed by atoms with Crippen molar-refractivity contribution in [2.45, 2.75) is 37.9 Å². The zero-order valence-electron chi connectivity index (χ0n) is 14.7. The normalized spacial score (nSPS) is 19.5. The Bertz CT molecular complexity index is 774. The molecule has 26 heavy (non-hydrogen) atoms. The van der Waals surface area contributed by atoms with Crippen molar-refractivity contribution >= 4 is 11.7 Å². The van der Waals surface area contributed by atoms with Crippen molar-refractivity contribution in [1.29, 1.82) is 0 Å². The summed E-state index contributed by atoms with van der Waals surface area (Å²) < 4.78 is 0. The molecule has 0 radical (unpaired) electrons. The molecule has 1 aromatic heterocycles. The standard InChI is InChI=1S/C20H24N4O2/c25-18-4-2-1-3-14(18)11-21-17-9-10-24(13-17)19-8-5-15(12-22-19)20(26)23-16-6-7-16/h1-5,8,12,16-17,21,25H,6-7,9-11,13H2,(H,23,26)/t17-/m1/s1. The number of carbonyl (C=O) groups is 1. The molecule has 6 heteroatoms. The molecule has 2 fully saturated rings. The van der Waals surface area contributed by atoms with E-state index in [1.54, 1.807) is 12.3 Å². The maximum Gasteiger partial charge on any atom is 0.253 e. The van der Waals surface area contributed by atoms with Crippen LogP contribution in [-0.2, 0) is 6.54 Å². The minimum absolute atomic E-state index is 0.0322.